The van der Waals surface area contributed by atoms with Crippen molar-refractivity contribution in [2.24, 2.45) is 11.8 Å². The van der Waals surface area contributed by atoms with E-state index in [1.54, 1.807) is 6.20 Å². The number of rotatable bonds is 3. The number of aromatic nitrogens is 1. The van der Waals surface area contributed by atoms with Crippen LogP contribution in [0.15, 0.2) is 18.3 Å². The van der Waals surface area contributed by atoms with Gasteiger partial charge in [-0.05, 0) is 24.0 Å². The lowest BCUT2D eigenvalue weighted by molar-refractivity contribution is 0.380. The summed E-state index contributed by atoms with van der Waals surface area (Å²) in [5.41, 5.74) is 7.51. The van der Waals surface area contributed by atoms with Crippen LogP contribution in [-0.4, -0.2) is 4.98 Å². The van der Waals surface area contributed by atoms with Crippen molar-refractivity contribution in [1.29, 1.82) is 0 Å². The first-order chi connectivity index (χ1) is 6.52. The second-order valence-electron chi connectivity index (χ2n) is 4.53. The first kappa shape index (κ1) is 11.0. The van der Waals surface area contributed by atoms with Gasteiger partial charge in [0.25, 0.3) is 0 Å². The van der Waals surface area contributed by atoms with Crippen molar-refractivity contribution in [3.05, 3.63) is 24.0 Å². The molecule has 0 bridgehead atoms. The van der Waals surface area contributed by atoms with Crippen LogP contribution in [0.4, 0.5) is 5.69 Å². The van der Waals surface area contributed by atoms with Gasteiger partial charge in [0, 0.05) is 11.6 Å². The van der Waals surface area contributed by atoms with Crippen LogP contribution in [0.5, 0.6) is 0 Å². The van der Waals surface area contributed by atoms with E-state index in [9.17, 15) is 0 Å². The van der Waals surface area contributed by atoms with Crippen molar-refractivity contribution >= 4 is 5.69 Å². The van der Waals surface area contributed by atoms with Crippen LogP contribution < -0.4 is 5.73 Å². The molecule has 0 saturated heterocycles. The molecule has 0 amide bonds. The second-order valence-corrected chi connectivity index (χ2v) is 4.53. The average molecular weight is 192 g/mol. The molecular weight excluding hydrogens is 172 g/mol. The summed E-state index contributed by atoms with van der Waals surface area (Å²) in [4.78, 5) is 4.40. The van der Waals surface area contributed by atoms with Gasteiger partial charge in [0.05, 0.1) is 11.9 Å². The van der Waals surface area contributed by atoms with Crippen LogP contribution in [0.25, 0.3) is 0 Å². The summed E-state index contributed by atoms with van der Waals surface area (Å²) >= 11 is 0. The summed E-state index contributed by atoms with van der Waals surface area (Å²) in [5.74, 6) is 1.76. The molecule has 0 fully saturated rings. The molecule has 2 nitrogen and oxygen atoms in total. The van der Waals surface area contributed by atoms with Gasteiger partial charge >= 0.3 is 0 Å². The average Bonchev–Trinajstić information content (AvgIpc) is 2.07. The van der Waals surface area contributed by atoms with Gasteiger partial charge in [-0.3, -0.25) is 4.98 Å². The number of nitrogens with zero attached hydrogens (tertiary/aromatic N) is 1. The maximum Gasteiger partial charge on any atom is 0.0501 e. The zero-order valence-electron chi connectivity index (χ0n) is 9.49. The minimum Gasteiger partial charge on any atom is -0.397 e. The van der Waals surface area contributed by atoms with Gasteiger partial charge in [-0.15, -0.1) is 0 Å². The van der Waals surface area contributed by atoms with E-state index in [2.05, 4.69) is 32.7 Å². The van der Waals surface area contributed by atoms with E-state index in [-0.39, 0.29) is 0 Å². The second kappa shape index (κ2) is 4.45. The topological polar surface area (TPSA) is 38.9 Å². The molecule has 1 aromatic rings. The Morgan fingerprint density at radius 3 is 2.00 bits per heavy atom. The summed E-state index contributed by atoms with van der Waals surface area (Å²) in [6, 6.07) is 3.97. The Morgan fingerprint density at radius 2 is 1.64 bits per heavy atom. The van der Waals surface area contributed by atoms with Crippen LogP contribution in [0, 0.1) is 11.8 Å². The summed E-state index contributed by atoms with van der Waals surface area (Å²) in [6.45, 7) is 8.96. The smallest absolute Gasteiger partial charge is 0.0501 e. The standard InChI is InChI=1S/C12H20N2/c1-8(2)12(9(3)4)11-6-5-10(13)7-14-11/h5-9,12H,13H2,1-4H3. The Hall–Kier alpha value is -1.05. The predicted molar refractivity (Wildman–Crippen MR) is 61.1 cm³/mol. The third kappa shape index (κ3) is 2.47. The zero-order valence-corrected chi connectivity index (χ0v) is 9.49. The fourth-order valence-corrected chi connectivity index (χ4v) is 2.07. The Kier molecular flexibility index (Phi) is 3.50. The normalized spacial score (nSPS) is 11.6. The number of hydrogen-bond donors (Lipinski definition) is 1. The number of hydrogen-bond acceptors (Lipinski definition) is 2. The van der Waals surface area contributed by atoms with Gasteiger partial charge in [-0.25, -0.2) is 0 Å². The molecule has 1 aromatic heterocycles. The Labute approximate surface area is 86.5 Å². The highest BCUT2D eigenvalue weighted by atomic mass is 14.7. The third-order valence-corrected chi connectivity index (χ3v) is 2.59. The van der Waals surface area contributed by atoms with Gasteiger partial charge in [-0.1, -0.05) is 27.7 Å². The molecule has 0 saturated carbocycles. The minimum atomic E-state index is 0.524. The van der Waals surface area contributed by atoms with Crippen molar-refractivity contribution in [3.8, 4) is 0 Å². The van der Waals surface area contributed by atoms with Gasteiger partial charge in [0.2, 0.25) is 0 Å². The van der Waals surface area contributed by atoms with E-state index in [4.69, 9.17) is 5.73 Å². The van der Waals surface area contributed by atoms with E-state index < -0.39 is 0 Å². The molecule has 1 rings (SSSR count). The molecule has 2 N–H and O–H groups in total. The summed E-state index contributed by atoms with van der Waals surface area (Å²) in [6.07, 6.45) is 1.74. The lowest BCUT2D eigenvalue weighted by Gasteiger charge is -2.24. The van der Waals surface area contributed by atoms with E-state index in [1.807, 2.05) is 12.1 Å². The SMILES string of the molecule is CC(C)C(c1ccc(N)cn1)C(C)C. The van der Waals surface area contributed by atoms with Crippen molar-refractivity contribution in [2.45, 2.75) is 33.6 Å². The molecule has 0 unspecified atom stereocenters. The molecule has 2 heteroatoms. The van der Waals surface area contributed by atoms with Crippen molar-refractivity contribution in [2.75, 3.05) is 5.73 Å². The van der Waals surface area contributed by atoms with Crippen LogP contribution >= 0.6 is 0 Å². The van der Waals surface area contributed by atoms with Crippen LogP contribution in [0.2, 0.25) is 0 Å². The van der Waals surface area contributed by atoms with Gasteiger partial charge < -0.3 is 5.73 Å². The van der Waals surface area contributed by atoms with Crippen LogP contribution in [-0.2, 0) is 0 Å². The van der Waals surface area contributed by atoms with Gasteiger partial charge in [0.1, 0.15) is 0 Å². The van der Waals surface area contributed by atoms with E-state index >= 15 is 0 Å². The number of nitrogens with two attached hydrogens (primary N) is 1. The van der Waals surface area contributed by atoms with Crippen molar-refractivity contribution < 1.29 is 0 Å². The van der Waals surface area contributed by atoms with Crippen LogP contribution in [0.3, 0.4) is 0 Å². The van der Waals surface area contributed by atoms with Crippen LogP contribution in [0.1, 0.15) is 39.3 Å². The maximum absolute atomic E-state index is 5.62. The maximum atomic E-state index is 5.62. The Balaban J connectivity index is 2.94. The molecule has 0 atom stereocenters. The monoisotopic (exact) mass is 192 g/mol. The number of nitrogen functional groups attached to an aromatic ring is 1. The van der Waals surface area contributed by atoms with E-state index in [0.29, 0.717) is 17.8 Å². The number of pyridine rings is 1. The Morgan fingerprint density at radius 1 is 1.07 bits per heavy atom. The molecule has 0 aliphatic heterocycles. The fourth-order valence-electron chi connectivity index (χ4n) is 2.07. The quantitative estimate of drug-likeness (QED) is 0.799. The molecule has 78 valence electrons. The highest BCUT2D eigenvalue weighted by Crippen LogP contribution is 2.30. The largest absolute Gasteiger partial charge is 0.397 e. The highest BCUT2D eigenvalue weighted by molar-refractivity contribution is 5.35. The molecular formula is C12H20N2. The summed E-state index contributed by atoms with van der Waals surface area (Å²) < 4.78 is 0. The zero-order chi connectivity index (χ0) is 10.7. The van der Waals surface area contributed by atoms with Gasteiger partial charge in [0.15, 0.2) is 0 Å². The first-order valence-electron chi connectivity index (χ1n) is 5.23. The van der Waals surface area contributed by atoms with Crippen molar-refractivity contribution in [3.63, 3.8) is 0 Å². The Bertz CT molecular complexity index is 267. The molecule has 1 heterocycles. The molecule has 0 spiro atoms. The molecule has 14 heavy (non-hydrogen) atoms. The first-order valence-corrected chi connectivity index (χ1v) is 5.23. The number of anilines is 1. The summed E-state index contributed by atoms with van der Waals surface area (Å²) in [7, 11) is 0. The van der Waals surface area contributed by atoms with E-state index in [1.165, 1.54) is 0 Å². The minimum absolute atomic E-state index is 0.524. The summed E-state index contributed by atoms with van der Waals surface area (Å²) in [5, 5.41) is 0. The van der Waals surface area contributed by atoms with Crippen molar-refractivity contribution in [1.82, 2.24) is 4.98 Å². The van der Waals surface area contributed by atoms with E-state index in [0.717, 1.165) is 11.4 Å². The highest BCUT2D eigenvalue weighted by Gasteiger charge is 2.20. The molecule has 0 aliphatic rings. The van der Waals surface area contributed by atoms with Gasteiger partial charge in [-0.2, -0.15) is 0 Å². The third-order valence-electron chi connectivity index (χ3n) is 2.59. The lowest BCUT2D eigenvalue weighted by Crippen LogP contribution is -2.14. The molecule has 0 aromatic carbocycles. The fraction of sp³-hybridized carbons (Fsp3) is 0.583. The molecule has 0 aliphatic carbocycles. The molecule has 0 radical (unpaired) electrons. The lowest BCUT2D eigenvalue weighted by atomic mass is 9.83. The predicted octanol–water partition coefficient (Wildman–Crippen LogP) is 3.06.